The van der Waals surface area contributed by atoms with E-state index in [2.05, 4.69) is 15.1 Å². The lowest BCUT2D eigenvalue weighted by Gasteiger charge is -2.31. The number of halogens is 1. The highest BCUT2D eigenvalue weighted by Crippen LogP contribution is 2.24. The minimum atomic E-state index is -0.451. The van der Waals surface area contributed by atoms with Gasteiger partial charge in [0.15, 0.2) is 6.10 Å². The molecule has 1 saturated heterocycles. The summed E-state index contributed by atoms with van der Waals surface area (Å²) in [6.07, 6.45) is 3.14. The third-order valence-electron chi connectivity index (χ3n) is 4.47. The highest BCUT2D eigenvalue weighted by Gasteiger charge is 2.29. The predicted molar refractivity (Wildman–Crippen MR) is 104 cm³/mol. The highest BCUT2D eigenvalue weighted by atomic mass is 35.5. The molecule has 9 heteroatoms. The number of amides is 1. The number of pyridine rings is 1. The molecular formula is C20H19ClN4O4. The Hall–Kier alpha value is -2.97. The molecule has 0 unspecified atom stereocenters. The number of rotatable bonds is 6. The van der Waals surface area contributed by atoms with E-state index in [1.54, 1.807) is 53.7 Å². The van der Waals surface area contributed by atoms with Crippen LogP contribution < -0.4 is 4.74 Å². The van der Waals surface area contributed by atoms with Crippen molar-refractivity contribution in [2.75, 3.05) is 26.3 Å². The summed E-state index contributed by atoms with van der Waals surface area (Å²) in [5, 5.41) is 4.63. The largest absolute Gasteiger partial charge is 0.493 e. The molecular weight excluding hydrogens is 396 g/mol. The number of carbonyl (C=O) groups excluding carboxylic acids is 1. The SMILES string of the molecule is O=C(CCOc1ccc(Cl)cc1)N1CCO[C@@H](c2nc(-c3ccncc3)no2)C1. The lowest BCUT2D eigenvalue weighted by molar-refractivity contribution is -0.140. The van der Waals surface area contributed by atoms with Crippen molar-refractivity contribution in [1.29, 1.82) is 0 Å². The highest BCUT2D eigenvalue weighted by molar-refractivity contribution is 6.30. The number of nitrogens with zero attached hydrogens (tertiary/aromatic N) is 4. The minimum Gasteiger partial charge on any atom is -0.493 e. The van der Waals surface area contributed by atoms with E-state index in [9.17, 15) is 4.79 Å². The van der Waals surface area contributed by atoms with Crippen LogP contribution in [0.25, 0.3) is 11.4 Å². The van der Waals surface area contributed by atoms with Crippen LogP contribution in [0.15, 0.2) is 53.3 Å². The van der Waals surface area contributed by atoms with E-state index in [1.165, 1.54) is 0 Å². The van der Waals surface area contributed by atoms with Crippen molar-refractivity contribution in [3.05, 3.63) is 59.7 Å². The number of carbonyl (C=O) groups is 1. The van der Waals surface area contributed by atoms with Crippen LogP contribution >= 0.6 is 11.6 Å². The van der Waals surface area contributed by atoms with Crippen molar-refractivity contribution in [2.45, 2.75) is 12.5 Å². The number of benzene rings is 1. The Morgan fingerprint density at radius 2 is 2.00 bits per heavy atom. The van der Waals surface area contributed by atoms with Gasteiger partial charge in [0.25, 0.3) is 5.89 Å². The summed E-state index contributed by atoms with van der Waals surface area (Å²) in [5.74, 6) is 1.48. The number of morpholine rings is 1. The zero-order valence-corrected chi connectivity index (χ0v) is 16.3. The van der Waals surface area contributed by atoms with Crippen molar-refractivity contribution in [3.63, 3.8) is 0 Å². The topological polar surface area (TPSA) is 90.6 Å². The smallest absolute Gasteiger partial charge is 0.257 e. The maximum atomic E-state index is 12.5. The molecule has 4 rings (SSSR count). The van der Waals surface area contributed by atoms with Crippen LogP contribution in [0.1, 0.15) is 18.4 Å². The van der Waals surface area contributed by atoms with Crippen molar-refractivity contribution in [2.24, 2.45) is 0 Å². The Morgan fingerprint density at radius 3 is 2.79 bits per heavy atom. The van der Waals surface area contributed by atoms with Gasteiger partial charge in [0.05, 0.1) is 26.2 Å². The number of hydrogen-bond donors (Lipinski definition) is 0. The molecule has 1 aliphatic rings. The third-order valence-corrected chi connectivity index (χ3v) is 4.73. The van der Waals surface area contributed by atoms with Crippen LogP contribution in [0.4, 0.5) is 0 Å². The number of ether oxygens (including phenoxy) is 2. The molecule has 1 aliphatic heterocycles. The molecule has 3 aromatic rings. The van der Waals surface area contributed by atoms with E-state index in [0.717, 1.165) is 5.56 Å². The molecule has 2 aromatic heterocycles. The van der Waals surface area contributed by atoms with Gasteiger partial charge in [0.1, 0.15) is 5.75 Å². The zero-order chi connectivity index (χ0) is 20.1. The van der Waals surface area contributed by atoms with Gasteiger partial charge in [-0.1, -0.05) is 16.8 Å². The summed E-state index contributed by atoms with van der Waals surface area (Å²) in [4.78, 5) is 22.6. The maximum absolute atomic E-state index is 12.5. The second-order valence-corrected chi connectivity index (χ2v) is 6.88. The molecule has 1 amide bonds. The van der Waals surface area contributed by atoms with Crippen molar-refractivity contribution in [1.82, 2.24) is 20.0 Å². The lowest BCUT2D eigenvalue weighted by Crippen LogP contribution is -2.42. The average molecular weight is 415 g/mol. The Kier molecular flexibility index (Phi) is 6.02. The van der Waals surface area contributed by atoms with Crippen molar-refractivity contribution in [3.8, 4) is 17.1 Å². The summed E-state index contributed by atoms with van der Waals surface area (Å²) in [6.45, 7) is 1.57. The molecule has 1 atom stereocenters. The first kappa shape index (κ1) is 19.4. The first-order valence-corrected chi connectivity index (χ1v) is 9.58. The van der Waals surface area contributed by atoms with Gasteiger partial charge in [-0.05, 0) is 36.4 Å². The van der Waals surface area contributed by atoms with E-state index >= 15 is 0 Å². The van der Waals surface area contributed by atoms with Gasteiger partial charge in [-0.25, -0.2) is 0 Å². The monoisotopic (exact) mass is 414 g/mol. The molecule has 0 saturated carbocycles. The van der Waals surface area contributed by atoms with Gasteiger partial charge in [-0.15, -0.1) is 0 Å². The van der Waals surface area contributed by atoms with Crippen LogP contribution in [0.2, 0.25) is 5.02 Å². The van der Waals surface area contributed by atoms with Crippen LogP contribution in [-0.2, 0) is 9.53 Å². The molecule has 0 spiro atoms. The summed E-state index contributed by atoms with van der Waals surface area (Å²) in [6, 6.07) is 10.6. The van der Waals surface area contributed by atoms with Crippen molar-refractivity contribution >= 4 is 17.5 Å². The first-order chi connectivity index (χ1) is 14.2. The molecule has 0 bridgehead atoms. The van der Waals surface area contributed by atoms with Gasteiger partial charge in [-0.2, -0.15) is 4.98 Å². The predicted octanol–water partition coefficient (Wildman–Crippen LogP) is 3.15. The fraction of sp³-hybridized carbons (Fsp3) is 0.300. The van der Waals surface area contributed by atoms with Crippen LogP contribution in [0.3, 0.4) is 0 Å². The summed E-state index contributed by atoms with van der Waals surface area (Å²) in [7, 11) is 0. The van der Waals surface area contributed by atoms with Gasteiger partial charge < -0.3 is 18.9 Å². The quantitative estimate of drug-likeness (QED) is 0.611. The maximum Gasteiger partial charge on any atom is 0.257 e. The van der Waals surface area contributed by atoms with Gasteiger partial charge in [0, 0.05) is 29.5 Å². The summed E-state index contributed by atoms with van der Waals surface area (Å²) in [5.41, 5.74) is 0.804. The summed E-state index contributed by atoms with van der Waals surface area (Å²) < 4.78 is 16.7. The van der Waals surface area contributed by atoms with Gasteiger partial charge >= 0.3 is 0 Å². The number of hydrogen-bond acceptors (Lipinski definition) is 7. The third kappa shape index (κ3) is 4.90. The van der Waals surface area contributed by atoms with Crippen LogP contribution in [0, 0.1) is 0 Å². The Balaban J connectivity index is 1.31. The Labute approximate surface area is 172 Å². The van der Waals surface area contributed by atoms with E-state index < -0.39 is 6.10 Å². The molecule has 8 nitrogen and oxygen atoms in total. The van der Waals surface area contributed by atoms with Crippen LogP contribution in [-0.4, -0.2) is 52.2 Å². The van der Waals surface area contributed by atoms with Crippen LogP contribution in [0.5, 0.6) is 5.75 Å². The second-order valence-electron chi connectivity index (χ2n) is 6.44. The Bertz CT molecular complexity index is 949. The van der Waals surface area contributed by atoms with Crippen molar-refractivity contribution < 1.29 is 18.8 Å². The zero-order valence-electron chi connectivity index (χ0n) is 15.5. The molecule has 29 heavy (non-hydrogen) atoms. The summed E-state index contributed by atoms with van der Waals surface area (Å²) >= 11 is 5.85. The molecule has 3 heterocycles. The molecule has 0 aliphatic carbocycles. The second kappa shape index (κ2) is 9.02. The molecule has 0 radical (unpaired) electrons. The molecule has 1 aromatic carbocycles. The van der Waals surface area contributed by atoms with E-state index in [4.69, 9.17) is 25.6 Å². The fourth-order valence-electron chi connectivity index (χ4n) is 2.95. The molecule has 1 fully saturated rings. The van der Waals surface area contributed by atoms with E-state index in [1.807, 2.05) is 0 Å². The Morgan fingerprint density at radius 1 is 1.21 bits per heavy atom. The average Bonchev–Trinajstić information content (AvgIpc) is 3.26. The fourth-order valence-corrected chi connectivity index (χ4v) is 3.08. The van der Waals surface area contributed by atoms with Gasteiger partial charge in [-0.3, -0.25) is 9.78 Å². The normalized spacial score (nSPS) is 16.6. The standard InChI is InChI=1S/C20H19ClN4O4/c21-15-1-3-16(4-2-15)27-11-7-18(26)25-10-12-28-17(13-25)20-23-19(24-29-20)14-5-8-22-9-6-14/h1-6,8-9,17H,7,10-13H2/t17-/m1/s1. The minimum absolute atomic E-state index is 0.0128. The number of aromatic nitrogens is 3. The molecule has 150 valence electrons. The van der Waals surface area contributed by atoms with E-state index in [0.29, 0.717) is 42.2 Å². The van der Waals surface area contributed by atoms with E-state index in [-0.39, 0.29) is 18.9 Å². The lowest BCUT2D eigenvalue weighted by atomic mass is 10.2. The first-order valence-electron chi connectivity index (χ1n) is 9.21. The molecule has 0 N–H and O–H groups in total. The van der Waals surface area contributed by atoms with Gasteiger partial charge in [0.2, 0.25) is 11.7 Å².